The standard InChI is InChI=1S/C70H55N3Si/c1-4-20-54(21-5-1)74(55-22-6-2-7-23-55,56-24-8-3-9-25-56)57-26-18-19-51(44-57)71-64-31-14-10-27-58(64)60-45-52(35-37-66(60)71)72-65-32-15-11-28-59(65)61-46-53(36-38-67(61)72)73-68-33-16-12-29-62(68)70(63-30-13-17-34-69(63)73)49-40-47-39-48(42-49)43-50(70)41-47/h1-38,44-50H,39-43H2. The van der Waals surface area contributed by atoms with Gasteiger partial charge in [-0.25, -0.2) is 0 Å². The predicted molar refractivity (Wildman–Crippen MR) is 311 cm³/mol. The maximum absolute atomic E-state index is 2.76. The molecule has 0 radical (unpaired) electrons. The lowest BCUT2D eigenvalue weighted by Gasteiger charge is -2.64. The number of para-hydroxylation sites is 4. The third-order valence-electron chi connectivity index (χ3n) is 18.6. The maximum atomic E-state index is 2.61. The van der Waals surface area contributed by atoms with Gasteiger partial charge in [0.2, 0.25) is 0 Å². The second kappa shape index (κ2) is 16.2. The Kier molecular flexibility index (Phi) is 9.24. The van der Waals surface area contributed by atoms with Crippen LogP contribution >= 0.6 is 0 Å². The van der Waals surface area contributed by atoms with Crippen LogP contribution in [0.5, 0.6) is 0 Å². The highest BCUT2D eigenvalue weighted by molar-refractivity contribution is 7.19. The number of rotatable bonds is 7. The van der Waals surface area contributed by atoms with E-state index in [4.69, 9.17) is 0 Å². The molecule has 3 heterocycles. The van der Waals surface area contributed by atoms with Gasteiger partial charge in [-0.15, -0.1) is 0 Å². The van der Waals surface area contributed by atoms with Gasteiger partial charge < -0.3 is 14.0 Å². The summed E-state index contributed by atoms with van der Waals surface area (Å²) in [6, 6.07) is 94.6. The Hall–Kier alpha value is -8.18. The highest BCUT2D eigenvalue weighted by Crippen LogP contribution is 2.69. The molecular weight excluding hydrogens is 911 g/mol. The van der Waals surface area contributed by atoms with Crippen molar-refractivity contribution in [1.82, 2.24) is 9.13 Å². The molecule has 4 fully saturated rings. The van der Waals surface area contributed by atoms with Gasteiger partial charge in [-0.3, -0.25) is 0 Å². The van der Waals surface area contributed by atoms with E-state index in [9.17, 15) is 0 Å². The summed E-state index contributed by atoms with van der Waals surface area (Å²) in [5.74, 6) is 3.23. The Morgan fingerprint density at radius 2 is 0.716 bits per heavy atom. The van der Waals surface area contributed by atoms with Crippen LogP contribution in [-0.4, -0.2) is 17.2 Å². The number of fused-ring (bicyclic) bond motifs is 8. The average Bonchev–Trinajstić information content (AvgIpc) is 3.98. The van der Waals surface area contributed by atoms with Crippen LogP contribution in [0.25, 0.3) is 55.0 Å². The molecule has 12 aromatic rings. The summed E-state index contributed by atoms with van der Waals surface area (Å²) in [4.78, 5) is 2.61. The molecule has 4 aliphatic carbocycles. The molecule has 1 spiro atoms. The summed E-state index contributed by atoms with van der Waals surface area (Å²) in [7, 11) is -2.76. The van der Waals surface area contributed by atoms with E-state index >= 15 is 0 Å². The van der Waals surface area contributed by atoms with Crippen LogP contribution in [0.1, 0.15) is 43.2 Å². The minimum atomic E-state index is -2.76. The molecular formula is C70H55N3Si. The summed E-state index contributed by atoms with van der Waals surface area (Å²) in [6.45, 7) is 0. The van der Waals surface area contributed by atoms with Crippen molar-refractivity contribution in [1.29, 1.82) is 0 Å². The van der Waals surface area contributed by atoms with Gasteiger partial charge in [0.25, 0.3) is 0 Å². The molecule has 74 heavy (non-hydrogen) atoms. The third-order valence-corrected chi connectivity index (χ3v) is 23.4. The molecule has 2 aromatic heterocycles. The minimum Gasteiger partial charge on any atom is -0.310 e. The van der Waals surface area contributed by atoms with E-state index in [1.165, 1.54) is 119 Å². The number of nitrogens with zero attached hydrogens (tertiary/aromatic N) is 3. The van der Waals surface area contributed by atoms with Crippen LogP contribution in [0, 0.1) is 23.7 Å². The Morgan fingerprint density at radius 3 is 1.24 bits per heavy atom. The van der Waals surface area contributed by atoms with Gasteiger partial charge in [-0.05, 0) is 160 Å². The van der Waals surface area contributed by atoms with Gasteiger partial charge in [-0.2, -0.15) is 0 Å². The Labute approximate surface area is 433 Å². The fourth-order valence-corrected chi connectivity index (χ4v) is 20.9. The zero-order valence-electron chi connectivity index (χ0n) is 41.4. The molecule has 10 aromatic carbocycles. The Morgan fingerprint density at radius 1 is 0.311 bits per heavy atom. The number of aromatic nitrogens is 2. The normalized spacial score (nSPS) is 19.4. The van der Waals surface area contributed by atoms with Gasteiger partial charge >= 0.3 is 0 Å². The quantitative estimate of drug-likeness (QED) is 0.115. The van der Waals surface area contributed by atoms with Crippen LogP contribution in [0.2, 0.25) is 0 Å². The molecule has 4 saturated carbocycles. The summed E-state index contributed by atoms with van der Waals surface area (Å²) in [5.41, 5.74) is 14.3. The van der Waals surface area contributed by atoms with Crippen molar-refractivity contribution in [2.24, 2.45) is 23.7 Å². The van der Waals surface area contributed by atoms with Crippen LogP contribution < -0.4 is 25.6 Å². The first kappa shape index (κ1) is 42.3. The van der Waals surface area contributed by atoms with Gasteiger partial charge in [-0.1, -0.05) is 176 Å². The zero-order valence-corrected chi connectivity index (χ0v) is 42.4. The van der Waals surface area contributed by atoms with Crippen molar-refractivity contribution in [2.75, 3.05) is 4.90 Å². The van der Waals surface area contributed by atoms with Crippen molar-refractivity contribution in [3.05, 3.63) is 260 Å². The fourth-order valence-electron chi connectivity index (χ4n) is 16.1. The average molecular weight is 966 g/mol. The minimum absolute atomic E-state index is 0.0839. The lowest BCUT2D eigenvalue weighted by atomic mass is 9.41. The molecule has 0 N–H and O–H groups in total. The smallest absolute Gasteiger partial charge is 0.179 e. The first-order valence-corrected chi connectivity index (χ1v) is 29.0. The van der Waals surface area contributed by atoms with Crippen LogP contribution in [0.3, 0.4) is 0 Å². The number of hydrogen-bond acceptors (Lipinski definition) is 1. The molecule has 3 nitrogen and oxygen atoms in total. The summed E-state index contributed by atoms with van der Waals surface area (Å²) in [6.07, 6.45) is 6.96. The molecule has 4 bridgehead atoms. The van der Waals surface area contributed by atoms with E-state index in [0.29, 0.717) is 11.8 Å². The fraction of sp³-hybridized carbons (Fsp3) is 0.143. The highest BCUT2D eigenvalue weighted by atomic mass is 28.3. The topological polar surface area (TPSA) is 13.1 Å². The molecule has 1 aliphatic heterocycles. The van der Waals surface area contributed by atoms with Crippen molar-refractivity contribution < 1.29 is 0 Å². The summed E-state index contributed by atoms with van der Waals surface area (Å²) in [5, 5.41) is 10.5. The molecule has 0 saturated heterocycles. The van der Waals surface area contributed by atoms with E-state index in [0.717, 1.165) is 17.5 Å². The summed E-state index contributed by atoms with van der Waals surface area (Å²) < 4.78 is 5.00. The van der Waals surface area contributed by atoms with Crippen LogP contribution in [0.15, 0.2) is 249 Å². The van der Waals surface area contributed by atoms with Crippen molar-refractivity contribution in [3.8, 4) is 11.4 Å². The van der Waals surface area contributed by atoms with Crippen LogP contribution in [-0.2, 0) is 5.41 Å². The molecule has 17 rings (SSSR count). The van der Waals surface area contributed by atoms with Gasteiger partial charge in [0, 0.05) is 44.0 Å². The molecule has 5 aliphatic rings. The van der Waals surface area contributed by atoms with E-state index in [2.05, 4.69) is 263 Å². The van der Waals surface area contributed by atoms with Gasteiger partial charge in [0.15, 0.2) is 8.07 Å². The second-order valence-electron chi connectivity index (χ2n) is 22.0. The Balaban J connectivity index is 0.853. The Bertz CT molecular complexity index is 3990. The van der Waals surface area contributed by atoms with E-state index in [1.54, 1.807) is 11.1 Å². The lowest BCUT2D eigenvalue weighted by molar-refractivity contribution is -0.0419. The molecule has 0 unspecified atom stereocenters. The van der Waals surface area contributed by atoms with Crippen molar-refractivity contribution >= 4 is 89.5 Å². The van der Waals surface area contributed by atoms with Gasteiger partial charge in [0.05, 0.1) is 33.4 Å². The zero-order chi connectivity index (χ0) is 48.5. The number of benzene rings is 10. The van der Waals surface area contributed by atoms with E-state index < -0.39 is 8.07 Å². The molecule has 0 atom stereocenters. The first-order valence-electron chi connectivity index (χ1n) is 27.0. The number of anilines is 3. The maximum Gasteiger partial charge on any atom is 0.179 e. The predicted octanol–water partition coefficient (Wildman–Crippen LogP) is 14.8. The van der Waals surface area contributed by atoms with Crippen LogP contribution in [0.4, 0.5) is 17.1 Å². The SMILES string of the molecule is c1ccc([Si](c2ccccc2)(c2ccccc2)c2cccc(-n3c4ccccc4c4cc(-n5c6ccccc6c6cc(N7c8ccccc8C8(c9ccccc97)C7CC9CC(C7)CC8C9)ccc65)ccc43)c2)cc1. The third kappa shape index (κ3) is 5.83. The van der Waals surface area contributed by atoms with Gasteiger partial charge in [0.1, 0.15) is 0 Å². The molecule has 354 valence electrons. The highest BCUT2D eigenvalue weighted by Gasteiger charge is 2.61. The van der Waals surface area contributed by atoms with Crippen molar-refractivity contribution in [3.63, 3.8) is 0 Å². The summed E-state index contributed by atoms with van der Waals surface area (Å²) >= 11 is 0. The van der Waals surface area contributed by atoms with E-state index in [-0.39, 0.29) is 5.41 Å². The largest absolute Gasteiger partial charge is 0.310 e. The lowest BCUT2D eigenvalue weighted by Crippen LogP contribution is -2.74. The van der Waals surface area contributed by atoms with E-state index in [1.807, 2.05) is 0 Å². The first-order chi connectivity index (χ1) is 36.7. The molecule has 0 amide bonds. The number of hydrogen-bond donors (Lipinski definition) is 0. The van der Waals surface area contributed by atoms with Crippen molar-refractivity contribution in [2.45, 2.75) is 37.5 Å². The molecule has 4 heteroatoms. The second-order valence-corrected chi connectivity index (χ2v) is 25.9. The monoisotopic (exact) mass is 965 g/mol.